The van der Waals surface area contributed by atoms with Gasteiger partial charge in [-0.2, -0.15) is 4.98 Å². The van der Waals surface area contributed by atoms with E-state index in [-0.39, 0.29) is 0 Å². The third-order valence-corrected chi connectivity index (χ3v) is 4.42. The first kappa shape index (κ1) is 13.5. The van der Waals surface area contributed by atoms with Gasteiger partial charge in [0, 0.05) is 12.0 Å². The Bertz CT molecular complexity index is 769. The first-order chi connectivity index (χ1) is 10.9. The van der Waals surface area contributed by atoms with Crippen LogP contribution in [0.3, 0.4) is 0 Å². The van der Waals surface area contributed by atoms with Crippen LogP contribution < -0.4 is 5.32 Å². The Morgan fingerprint density at radius 1 is 1.05 bits per heavy atom. The molecule has 4 heteroatoms. The van der Waals surface area contributed by atoms with Crippen LogP contribution in [-0.2, 0) is 6.42 Å². The van der Waals surface area contributed by atoms with Crippen molar-refractivity contribution in [2.24, 2.45) is 5.92 Å². The Morgan fingerprint density at radius 3 is 2.77 bits per heavy atom. The van der Waals surface area contributed by atoms with Gasteiger partial charge in [0.25, 0.3) is 0 Å². The lowest BCUT2D eigenvalue weighted by atomic mass is 9.95. The van der Waals surface area contributed by atoms with Gasteiger partial charge >= 0.3 is 0 Å². The Balaban J connectivity index is 1.62. The molecular formula is C18H19N3O. The van der Waals surface area contributed by atoms with Crippen molar-refractivity contribution in [2.45, 2.75) is 19.3 Å². The van der Waals surface area contributed by atoms with Crippen molar-refractivity contribution in [2.75, 3.05) is 13.1 Å². The maximum atomic E-state index is 5.49. The number of hydrogen-bond acceptors (Lipinski definition) is 4. The van der Waals surface area contributed by atoms with E-state index >= 15 is 0 Å². The molecule has 0 bridgehead atoms. The highest BCUT2D eigenvalue weighted by Gasteiger charge is 2.18. The molecule has 4 rings (SSSR count). The van der Waals surface area contributed by atoms with E-state index in [2.05, 4.69) is 39.7 Å². The van der Waals surface area contributed by atoms with Crippen LogP contribution in [0.5, 0.6) is 0 Å². The highest BCUT2D eigenvalue weighted by atomic mass is 16.5. The minimum Gasteiger partial charge on any atom is -0.339 e. The average Bonchev–Trinajstić information content (AvgIpc) is 3.03. The Morgan fingerprint density at radius 2 is 1.86 bits per heavy atom. The quantitative estimate of drug-likeness (QED) is 0.804. The van der Waals surface area contributed by atoms with Crippen LogP contribution in [0.25, 0.3) is 22.2 Å². The fraction of sp³-hybridized carbons (Fsp3) is 0.333. The summed E-state index contributed by atoms with van der Waals surface area (Å²) in [6.07, 6.45) is 3.26. The molecule has 1 aliphatic rings. The summed E-state index contributed by atoms with van der Waals surface area (Å²) >= 11 is 0. The normalized spacial score (nSPS) is 16.2. The minimum atomic E-state index is 0.655. The highest BCUT2D eigenvalue weighted by Crippen LogP contribution is 2.27. The number of aromatic nitrogens is 2. The van der Waals surface area contributed by atoms with Crippen LogP contribution in [0, 0.1) is 5.92 Å². The van der Waals surface area contributed by atoms with Gasteiger partial charge in [-0.05, 0) is 42.6 Å². The van der Waals surface area contributed by atoms with E-state index in [4.69, 9.17) is 4.52 Å². The molecule has 0 amide bonds. The predicted octanol–water partition coefficient (Wildman–Crippen LogP) is 3.43. The Kier molecular flexibility index (Phi) is 3.60. The molecule has 112 valence electrons. The van der Waals surface area contributed by atoms with Gasteiger partial charge < -0.3 is 9.84 Å². The smallest absolute Gasteiger partial charge is 0.227 e. The minimum absolute atomic E-state index is 0.655. The molecule has 1 saturated heterocycles. The van der Waals surface area contributed by atoms with Crippen LogP contribution in [0.4, 0.5) is 0 Å². The van der Waals surface area contributed by atoms with Crippen molar-refractivity contribution in [1.29, 1.82) is 0 Å². The molecular weight excluding hydrogens is 274 g/mol. The maximum Gasteiger partial charge on any atom is 0.227 e. The number of hydrogen-bond donors (Lipinski definition) is 1. The fourth-order valence-electron chi connectivity index (χ4n) is 3.20. The molecule has 2 aromatic carbocycles. The summed E-state index contributed by atoms with van der Waals surface area (Å²) in [6, 6.07) is 14.5. The van der Waals surface area contributed by atoms with Gasteiger partial charge in [-0.15, -0.1) is 0 Å². The second-order valence-corrected chi connectivity index (χ2v) is 5.94. The number of piperidine rings is 1. The molecule has 1 fully saturated rings. The van der Waals surface area contributed by atoms with E-state index in [1.807, 2.05) is 18.2 Å². The first-order valence-electron chi connectivity index (χ1n) is 7.91. The maximum absolute atomic E-state index is 5.49. The molecule has 0 unspecified atom stereocenters. The predicted molar refractivity (Wildman–Crippen MR) is 86.5 cm³/mol. The topological polar surface area (TPSA) is 51.0 Å². The highest BCUT2D eigenvalue weighted by molar-refractivity contribution is 5.94. The van der Waals surface area contributed by atoms with Gasteiger partial charge in [0.15, 0.2) is 0 Å². The van der Waals surface area contributed by atoms with Crippen molar-refractivity contribution in [3.63, 3.8) is 0 Å². The molecule has 0 saturated carbocycles. The zero-order valence-corrected chi connectivity index (χ0v) is 12.5. The van der Waals surface area contributed by atoms with Crippen LogP contribution in [0.1, 0.15) is 18.7 Å². The van der Waals surface area contributed by atoms with Crippen molar-refractivity contribution in [1.82, 2.24) is 15.5 Å². The van der Waals surface area contributed by atoms with Crippen LogP contribution in [0.15, 0.2) is 47.0 Å². The molecule has 2 heterocycles. The number of fused-ring (bicyclic) bond motifs is 1. The summed E-state index contributed by atoms with van der Waals surface area (Å²) in [7, 11) is 0. The molecule has 1 aliphatic heterocycles. The van der Waals surface area contributed by atoms with Gasteiger partial charge in [0.2, 0.25) is 11.7 Å². The molecule has 0 aliphatic carbocycles. The summed E-state index contributed by atoms with van der Waals surface area (Å²) in [5, 5.41) is 9.95. The number of nitrogens with one attached hydrogen (secondary N) is 1. The second-order valence-electron chi connectivity index (χ2n) is 5.94. The molecule has 0 atom stereocenters. The molecule has 22 heavy (non-hydrogen) atoms. The number of nitrogens with zero attached hydrogens (tertiary/aromatic N) is 2. The van der Waals surface area contributed by atoms with Crippen LogP contribution in [0.2, 0.25) is 0 Å². The zero-order chi connectivity index (χ0) is 14.8. The van der Waals surface area contributed by atoms with Crippen molar-refractivity contribution in [3.8, 4) is 11.4 Å². The Hall–Kier alpha value is -2.20. The lowest BCUT2D eigenvalue weighted by Crippen LogP contribution is -2.28. The van der Waals surface area contributed by atoms with E-state index in [9.17, 15) is 0 Å². The van der Waals surface area contributed by atoms with Gasteiger partial charge in [0.1, 0.15) is 0 Å². The Labute approximate surface area is 129 Å². The third kappa shape index (κ3) is 2.62. The summed E-state index contributed by atoms with van der Waals surface area (Å²) in [6.45, 7) is 2.18. The molecule has 3 aromatic rings. The second kappa shape index (κ2) is 5.89. The van der Waals surface area contributed by atoms with Gasteiger partial charge in [-0.25, -0.2) is 0 Å². The third-order valence-electron chi connectivity index (χ3n) is 4.42. The summed E-state index contributed by atoms with van der Waals surface area (Å²) in [5.74, 6) is 2.11. The van der Waals surface area contributed by atoms with E-state index in [0.717, 1.165) is 31.0 Å². The lowest BCUT2D eigenvalue weighted by molar-refractivity contribution is 0.313. The average molecular weight is 293 g/mol. The summed E-state index contributed by atoms with van der Waals surface area (Å²) in [5.41, 5.74) is 1.04. The SMILES string of the molecule is c1ccc2c(-c3noc(CC4CCNCC4)n3)cccc2c1. The largest absolute Gasteiger partial charge is 0.339 e. The number of rotatable bonds is 3. The van der Waals surface area contributed by atoms with E-state index in [1.165, 1.54) is 23.6 Å². The molecule has 4 nitrogen and oxygen atoms in total. The standard InChI is InChI=1S/C18H19N3O/c1-2-6-15-14(4-1)5-3-7-16(15)18-20-17(22-21-18)12-13-8-10-19-11-9-13/h1-7,13,19H,8-12H2. The van der Waals surface area contributed by atoms with Crippen molar-refractivity contribution >= 4 is 10.8 Å². The van der Waals surface area contributed by atoms with Gasteiger partial charge in [-0.1, -0.05) is 47.6 Å². The van der Waals surface area contributed by atoms with Crippen LogP contribution >= 0.6 is 0 Å². The van der Waals surface area contributed by atoms with Crippen molar-refractivity contribution in [3.05, 3.63) is 48.4 Å². The number of benzene rings is 2. The molecule has 1 N–H and O–H groups in total. The summed E-state index contributed by atoms with van der Waals surface area (Å²) in [4.78, 5) is 4.63. The zero-order valence-electron chi connectivity index (χ0n) is 12.5. The van der Waals surface area contributed by atoms with Gasteiger partial charge in [0.05, 0.1) is 0 Å². The van der Waals surface area contributed by atoms with Crippen LogP contribution in [-0.4, -0.2) is 23.2 Å². The van der Waals surface area contributed by atoms with E-state index in [0.29, 0.717) is 11.7 Å². The van der Waals surface area contributed by atoms with Crippen molar-refractivity contribution < 1.29 is 4.52 Å². The molecule has 1 aromatic heterocycles. The first-order valence-corrected chi connectivity index (χ1v) is 7.91. The molecule has 0 radical (unpaired) electrons. The molecule has 0 spiro atoms. The summed E-state index contributed by atoms with van der Waals surface area (Å²) < 4.78 is 5.49. The van der Waals surface area contributed by atoms with E-state index in [1.54, 1.807) is 0 Å². The lowest BCUT2D eigenvalue weighted by Gasteiger charge is -2.20. The van der Waals surface area contributed by atoms with Gasteiger partial charge in [-0.3, -0.25) is 0 Å². The monoisotopic (exact) mass is 293 g/mol. The fourth-order valence-corrected chi connectivity index (χ4v) is 3.20. The van der Waals surface area contributed by atoms with E-state index < -0.39 is 0 Å².